The Morgan fingerprint density at radius 1 is 1.00 bits per heavy atom. The summed E-state index contributed by atoms with van der Waals surface area (Å²) in [5, 5.41) is 3.37. The SMILES string of the molecule is COC(=O)c1cc(-c2ccccc2)sc1NC(=O)CCc1ccc(OC)cc1. The molecule has 2 aromatic carbocycles. The molecule has 0 saturated heterocycles. The zero-order chi connectivity index (χ0) is 19.9. The molecule has 28 heavy (non-hydrogen) atoms. The fourth-order valence-electron chi connectivity index (χ4n) is 2.73. The van der Waals surface area contributed by atoms with Crippen LogP contribution in [0.1, 0.15) is 22.3 Å². The summed E-state index contributed by atoms with van der Waals surface area (Å²) < 4.78 is 10.0. The van der Waals surface area contributed by atoms with Gasteiger partial charge in [-0.1, -0.05) is 42.5 Å². The number of anilines is 1. The van der Waals surface area contributed by atoms with Crippen molar-refractivity contribution in [3.63, 3.8) is 0 Å². The smallest absolute Gasteiger partial charge is 0.340 e. The van der Waals surface area contributed by atoms with Gasteiger partial charge in [0.1, 0.15) is 10.8 Å². The van der Waals surface area contributed by atoms with Crippen molar-refractivity contribution >= 4 is 28.2 Å². The van der Waals surface area contributed by atoms with Gasteiger partial charge in [-0.05, 0) is 35.7 Å². The molecule has 0 aliphatic rings. The highest BCUT2D eigenvalue weighted by atomic mass is 32.1. The maximum Gasteiger partial charge on any atom is 0.340 e. The molecule has 0 unspecified atom stereocenters. The number of ether oxygens (including phenoxy) is 2. The first kappa shape index (κ1) is 19.6. The van der Waals surface area contributed by atoms with Gasteiger partial charge >= 0.3 is 5.97 Å². The molecule has 6 heteroatoms. The normalized spacial score (nSPS) is 10.4. The summed E-state index contributed by atoms with van der Waals surface area (Å²) in [6.45, 7) is 0. The van der Waals surface area contributed by atoms with Crippen LogP contribution in [-0.4, -0.2) is 26.1 Å². The molecule has 3 rings (SSSR count). The molecule has 0 atom stereocenters. The third kappa shape index (κ3) is 4.78. The Hall–Kier alpha value is -3.12. The molecule has 0 bridgehead atoms. The van der Waals surface area contributed by atoms with Crippen LogP contribution >= 0.6 is 11.3 Å². The summed E-state index contributed by atoms with van der Waals surface area (Å²) in [6.07, 6.45) is 0.909. The largest absolute Gasteiger partial charge is 0.497 e. The number of carbonyl (C=O) groups excluding carboxylic acids is 2. The lowest BCUT2D eigenvalue weighted by Crippen LogP contribution is -2.14. The molecule has 1 aromatic heterocycles. The number of methoxy groups -OCH3 is 2. The number of rotatable bonds is 7. The van der Waals surface area contributed by atoms with Crippen LogP contribution in [0.4, 0.5) is 5.00 Å². The van der Waals surface area contributed by atoms with Crippen LogP contribution < -0.4 is 10.1 Å². The van der Waals surface area contributed by atoms with Gasteiger partial charge in [0, 0.05) is 11.3 Å². The van der Waals surface area contributed by atoms with Crippen LogP contribution in [0.15, 0.2) is 60.7 Å². The monoisotopic (exact) mass is 395 g/mol. The van der Waals surface area contributed by atoms with Gasteiger partial charge in [-0.2, -0.15) is 0 Å². The first-order valence-corrected chi connectivity index (χ1v) is 9.62. The summed E-state index contributed by atoms with van der Waals surface area (Å²) in [6, 6.07) is 19.1. The molecule has 0 radical (unpaired) electrons. The molecule has 0 saturated carbocycles. The summed E-state index contributed by atoms with van der Waals surface area (Å²) in [5.74, 6) is 0.161. The minimum Gasteiger partial charge on any atom is -0.497 e. The molecular formula is C22H21NO4S. The Labute approximate surface area is 167 Å². The second-order valence-electron chi connectivity index (χ2n) is 6.11. The Bertz CT molecular complexity index is 948. The second-order valence-corrected chi connectivity index (χ2v) is 7.16. The average Bonchev–Trinajstić information content (AvgIpc) is 3.16. The fourth-order valence-corrected chi connectivity index (χ4v) is 3.80. The van der Waals surface area contributed by atoms with E-state index in [9.17, 15) is 9.59 Å². The Morgan fingerprint density at radius 3 is 2.36 bits per heavy atom. The molecule has 5 nitrogen and oxygen atoms in total. The van der Waals surface area contributed by atoms with Crippen molar-refractivity contribution in [1.82, 2.24) is 0 Å². The first-order valence-electron chi connectivity index (χ1n) is 8.81. The van der Waals surface area contributed by atoms with E-state index in [-0.39, 0.29) is 5.91 Å². The summed E-state index contributed by atoms with van der Waals surface area (Å²) >= 11 is 1.36. The number of esters is 1. The van der Waals surface area contributed by atoms with E-state index in [0.717, 1.165) is 21.8 Å². The standard InChI is InChI=1S/C22H21NO4S/c1-26-17-11-8-15(9-12-17)10-13-20(24)23-21-18(22(25)27-2)14-19(28-21)16-6-4-3-5-7-16/h3-9,11-12,14H,10,13H2,1-2H3,(H,23,24). The average molecular weight is 395 g/mol. The minimum absolute atomic E-state index is 0.151. The van der Waals surface area contributed by atoms with E-state index in [2.05, 4.69) is 5.32 Å². The predicted molar refractivity (Wildman–Crippen MR) is 111 cm³/mol. The molecule has 1 N–H and O–H groups in total. The topological polar surface area (TPSA) is 64.6 Å². The highest BCUT2D eigenvalue weighted by Gasteiger charge is 2.19. The lowest BCUT2D eigenvalue weighted by atomic mass is 10.1. The quantitative estimate of drug-likeness (QED) is 0.585. The summed E-state index contributed by atoms with van der Waals surface area (Å²) in [5.41, 5.74) is 2.39. The van der Waals surface area contributed by atoms with Crippen molar-refractivity contribution in [2.45, 2.75) is 12.8 Å². The van der Waals surface area contributed by atoms with Gasteiger partial charge < -0.3 is 14.8 Å². The van der Waals surface area contributed by atoms with Crippen molar-refractivity contribution in [3.8, 4) is 16.2 Å². The van der Waals surface area contributed by atoms with Gasteiger partial charge in [-0.3, -0.25) is 4.79 Å². The van der Waals surface area contributed by atoms with Crippen molar-refractivity contribution < 1.29 is 19.1 Å². The molecule has 1 amide bonds. The molecule has 1 heterocycles. The van der Waals surface area contributed by atoms with Crippen molar-refractivity contribution in [3.05, 3.63) is 71.8 Å². The van der Waals surface area contributed by atoms with Gasteiger partial charge in [0.2, 0.25) is 5.91 Å². The van der Waals surface area contributed by atoms with E-state index >= 15 is 0 Å². The van der Waals surface area contributed by atoms with E-state index in [1.807, 2.05) is 54.6 Å². The molecule has 0 aliphatic carbocycles. The number of nitrogens with one attached hydrogen (secondary N) is 1. The summed E-state index contributed by atoms with van der Waals surface area (Å²) in [4.78, 5) is 25.5. The van der Waals surface area contributed by atoms with Gasteiger partial charge in [0.25, 0.3) is 0 Å². The van der Waals surface area contributed by atoms with Gasteiger partial charge in [0.15, 0.2) is 0 Å². The van der Waals surface area contributed by atoms with Gasteiger partial charge in [-0.15, -0.1) is 11.3 Å². The van der Waals surface area contributed by atoms with E-state index in [1.165, 1.54) is 18.4 Å². The fraction of sp³-hybridized carbons (Fsp3) is 0.182. The molecule has 3 aromatic rings. The zero-order valence-corrected chi connectivity index (χ0v) is 16.5. The highest BCUT2D eigenvalue weighted by Crippen LogP contribution is 2.36. The molecule has 144 valence electrons. The third-order valence-corrected chi connectivity index (χ3v) is 5.35. The molecule has 0 spiro atoms. The molecule has 0 fully saturated rings. The van der Waals surface area contributed by atoms with Crippen LogP contribution in [0.25, 0.3) is 10.4 Å². The van der Waals surface area contributed by atoms with E-state index in [4.69, 9.17) is 9.47 Å². The summed E-state index contributed by atoms with van der Waals surface area (Å²) in [7, 11) is 2.95. The number of amides is 1. The minimum atomic E-state index is -0.469. The second kappa shape index (κ2) is 9.19. The van der Waals surface area contributed by atoms with Gasteiger partial charge in [-0.25, -0.2) is 4.79 Å². The number of thiophene rings is 1. The van der Waals surface area contributed by atoms with Crippen molar-refractivity contribution in [1.29, 1.82) is 0 Å². The van der Waals surface area contributed by atoms with Crippen molar-refractivity contribution in [2.75, 3.05) is 19.5 Å². The maximum absolute atomic E-state index is 12.4. The number of hydrogen-bond acceptors (Lipinski definition) is 5. The van der Waals surface area contributed by atoms with Gasteiger partial charge in [0.05, 0.1) is 19.8 Å². The predicted octanol–water partition coefficient (Wildman–Crippen LogP) is 4.78. The van der Waals surface area contributed by atoms with Crippen molar-refractivity contribution in [2.24, 2.45) is 0 Å². The van der Waals surface area contributed by atoms with E-state index < -0.39 is 5.97 Å². The zero-order valence-electron chi connectivity index (χ0n) is 15.7. The Morgan fingerprint density at radius 2 is 1.71 bits per heavy atom. The third-order valence-electron chi connectivity index (χ3n) is 4.25. The Kier molecular flexibility index (Phi) is 6.45. The number of aryl methyl sites for hydroxylation is 1. The number of benzene rings is 2. The molecular weight excluding hydrogens is 374 g/mol. The van der Waals surface area contributed by atoms with Crippen LogP contribution in [0.5, 0.6) is 5.75 Å². The van der Waals surface area contributed by atoms with E-state index in [1.54, 1.807) is 13.2 Å². The van der Waals surface area contributed by atoms with E-state index in [0.29, 0.717) is 23.4 Å². The molecule has 0 aliphatic heterocycles. The van der Waals surface area contributed by atoms with Crippen LogP contribution in [0.2, 0.25) is 0 Å². The maximum atomic E-state index is 12.4. The van der Waals surface area contributed by atoms with Crippen LogP contribution in [0.3, 0.4) is 0 Å². The number of hydrogen-bond donors (Lipinski definition) is 1. The highest BCUT2D eigenvalue weighted by molar-refractivity contribution is 7.20. The van der Waals surface area contributed by atoms with Crippen LogP contribution in [-0.2, 0) is 16.0 Å². The van der Waals surface area contributed by atoms with Crippen LogP contribution in [0, 0.1) is 0 Å². The number of carbonyl (C=O) groups is 2. The first-order chi connectivity index (χ1) is 13.6. The lowest BCUT2D eigenvalue weighted by Gasteiger charge is -2.06. The lowest BCUT2D eigenvalue weighted by molar-refractivity contribution is -0.116. The Balaban J connectivity index is 1.71.